The molecule has 0 bridgehead atoms. The number of nitro groups is 1. The molecule has 7 nitrogen and oxygen atoms in total. The molecule has 0 atom stereocenters. The van der Waals surface area contributed by atoms with Crippen molar-refractivity contribution in [1.82, 2.24) is 0 Å². The highest BCUT2D eigenvalue weighted by Gasteiger charge is 2.15. The van der Waals surface area contributed by atoms with Gasteiger partial charge in [-0.15, -0.1) is 0 Å². The third kappa shape index (κ3) is 7.21. The summed E-state index contributed by atoms with van der Waals surface area (Å²) >= 11 is 0. The second kappa shape index (κ2) is 12.8. The summed E-state index contributed by atoms with van der Waals surface area (Å²) in [4.78, 5) is 35.1. The summed E-state index contributed by atoms with van der Waals surface area (Å²) in [6.07, 6.45) is 7.38. The number of carbonyl (C=O) groups excluding carboxylic acids is 2. The van der Waals surface area contributed by atoms with E-state index in [4.69, 9.17) is 0 Å². The molecule has 9 heteroatoms. The Bertz CT molecular complexity index is 1300. The molecule has 0 N–H and O–H groups in total. The third-order valence-corrected chi connectivity index (χ3v) is 5.26. The maximum Gasteiger partial charge on any atom is 0.269 e. The van der Waals surface area contributed by atoms with E-state index in [2.05, 4.69) is 0 Å². The summed E-state index contributed by atoms with van der Waals surface area (Å²) in [5, 5.41) is 10.7. The molecule has 0 saturated carbocycles. The van der Waals surface area contributed by atoms with Crippen LogP contribution in [-0.4, -0.2) is 16.5 Å². The highest BCUT2D eigenvalue weighted by atomic mass is 79.9. The Balaban J connectivity index is 0.00000216. The molecule has 4 rings (SSSR count). The van der Waals surface area contributed by atoms with E-state index >= 15 is 0 Å². The lowest BCUT2D eigenvalue weighted by molar-refractivity contribution is -0.683. The molecular formula is C26H21Br2N3O4. The number of nitro benzene ring substituents is 1. The van der Waals surface area contributed by atoms with Crippen LogP contribution in [0, 0.1) is 10.1 Å². The number of hydrogen-bond acceptors (Lipinski definition) is 4. The van der Waals surface area contributed by atoms with E-state index in [-0.39, 0.29) is 64.3 Å². The molecule has 0 spiro atoms. The molecule has 0 amide bonds. The summed E-state index contributed by atoms with van der Waals surface area (Å²) in [7, 11) is 0. The Hall–Kier alpha value is -3.56. The van der Waals surface area contributed by atoms with Crippen molar-refractivity contribution in [2.24, 2.45) is 0 Å². The van der Waals surface area contributed by atoms with Crippen LogP contribution in [0.25, 0.3) is 11.1 Å². The molecule has 178 valence electrons. The predicted octanol–water partition coefficient (Wildman–Crippen LogP) is -2.39. The zero-order valence-electron chi connectivity index (χ0n) is 18.5. The standard InChI is InChI=1S/C26H21N3O4.2BrH/c30-25(22-4-2-1-3-5-22)18-27-14-10-20(11-15-27)21-12-16-28(17-13-21)19-26(31)23-6-8-24(9-7-23)29(32)33;;/h1-17H,18-19H2;2*1H/q+2;;/p-2. The Morgan fingerprint density at radius 1 is 0.629 bits per heavy atom. The van der Waals surface area contributed by atoms with Crippen molar-refractivity contribution in [3.8, 4) is 11.1 Å². The minimum Gasteiger partial charge on any atom is -1.00 e. The van der Waals surface area contributed by atoms with E-state index in [0.29, 0.717) is 11.1 Å². The zero-order valence-corrected chi connectivity index (χ0v) is 21.6. The van der Waals surface area contributed by atoms with Gasteiger partial charge in [0, 0.05) is 47.5 Å². The first kappa shape index (κ1) is 27.7. The lowest BCUT2D eigenvalue weighted by Crippen LogP contribution is -3.00. The Labute approximate surface area is 223 Å². The number of aromatic nitrogens is 2. The van der Waals surface area contributed by atoms with Gasteiger partial charge in [0.25, 0.3) is 5.69 Å². The first-order valence-corrected chi connectivity index (χ1v) is 10.3. The summed E-state index contributed by atoms with van der Waals surface area (Å²) in [5.41, 5.74) is 3.04. The monoisotopic (exact) mass is 597 g/mol. The van der Waals surface area contributed by atoms with Gasteiger partial charge in [-0.1, -0.05) is 30.3 Å². The van der Waals surface area contributed by atoms with Crippen molar-refractivity contribution in [3.05, 3.63) is 125 Å². The molecule has 35 heavy (non-hydrogen) atoms. The van der Waals surface area contributed by atoms with Gasteiger partial charge in [-0.25, -0.2) is 0 Å². The van der Waals surface area contributed by atoms with Crippen LogP contribution in [0.15, 0.2) is 104 Å². The third-order valence-electron chi connectivity index (χ3n) is 5.26. The van der Waals surface area contributed by atoms with E-state index in [9.17, 15) is 19.7 Å². The normalized spacial score (nSPS) is 9.94. The van der Waals surface area contributed by atoms with Gasteiger partial charge >= 0.3 is 0 Å². The van der Waals surface area contributed by atoms with Crippen LogP contribution in [-0.2, 0) is 13.1 Å². The second-order valence-electron chi connectivity index (χ2n) is 7.53. The molecule has 0 radical (unpaired) electrons. The molecule has 0 aliphatic heterocycles. The van der Waals surface area contributed by atoms with Crippen molar-refractivity contribution in [2.45, 2.75) is 13.1 Å². The highest BCUT2D eigenvalue weighted by molar-refractivity contribution is 5.95. The number of Topliss-reactive ketones (excluding diaryl/α,β-unsaturated/α-hetero) is 2. The Kier molecular flexibility index (Phi) is 10.1. The van der Waals surface area contributed by atoms with Crippen molar-refractivity contribution < 1.29 is 57.6 Å². The van der Waals surface area contributed by atoms with Gasteiger partial charge in [0.15, 0.2) is 24.8 Å². The van der Waals surface area contributed by atoms with E-state index in [1.807, 2.05) is 84.0 Å². The van der Waals surface area contributed by atoms with Gasteiger partial charge in [0.1, 0.15) is 0 Å². The molecule has 2 aromatic carbocycles. The number of nitrogens with zero attached hydrogens (tertiary/aromatic N) is 3. The molecule has 4 aromatic rings. The van der Waals surface area contributed by atoms with Gasteiger partial charge < -0.3 is 34.0 Å². The van der Waals surface area contributed by atoms with E-state index < -0.39 is 4.92 Å². The van der Waals surface area contributed by atoms with Crippen molar-refractivity contribution in [1.29, 1.82) is 0 Å². The van der Waals surface area contributed by atoms with Crippen molar-refractivity contribution in [3.63, 3.8) is 0 Å². The Morgan fingerprint density at radius 3 is 1.43 bits per heavy atom. The molecular weight excluding hydrogens is 578 g/mol. The SMILES string of the molecule is O=C(C[n+]1ccc(-c2cc[n+](CC(=O)c3ccc([N+](=O)[O-])cc3)cc2)cc1)c1ccccc1.[Br-].[Br-]. The molecule has 0 saturated heterocycles. The maximum absolute atomic E-state index is 12.5. The van der Waals surface area contributed by atoms with E-state index in [0.717, 1.165) is 11.1 Å². The lowest BCUT2D eigenvalue weighted by atomic mass is 10.1. The summed E-state index contributed by atoms with van der Waals surface area (Å²) in [5.74, 6) is -0.0849. The van der Waals surface area contributed by atoms with Crippen LogP contribution in [0.5, 0.6) is 0 Å². The van der Waals surface area contributed by atoms with Gasteiger partial charge in [0.2, 0.25) is 24.7 Å². The fourth-order valence-corrected chi connectivity index (χ4v) is 3.42. The van der Waals surface area contributed by atoms with Gasteiger partial charge in [-0.3, -0.25) is 19.7 Å². The topological polar surface area (TPSA) is 85.0 Å². The van der Waals surface area contributed by atoms with E-state index in [1.165, 1.54) is 24.3 Å². The van der Waals surface area contributed by atoms with Gasteiger partial charge in [-0.05, 0) is 23.3 Å². The number of ketones is 2. The van der Waals surface area contributed by atoms with Crippen LogP contribution in [0.4, 0.5) is 5.69 Å². The number of hydrogen-bond donors (Lipinski definition) is 0. The largest absolute Gasteiger partial charge is 1.00 e. The number of non-ortho nitro benzene ring substituents is 1. The van der Waals surface area contributed by atoms with Crippen LogP contribution in [0.1, 0.15) is 20.7 Å². The summed E-state index contributed by atoms with van der Waals surface area (Å²) in [6.45, 7) is 0.401. The lowest BCUT2D eigenvalue weighted by Gasteiger charge is -2.02. The average molecular weight is 599 g/mol. The number of carbonyl (C=O) groups is 2. The number of rotatable bonds is 8. The first-order chi connectivity index (χ1) is 16.0. The average Bonchev–Trinajstić information content (AvgIpc) is 2.85. The number of benzene rings is 2. The quantitative estimate of drug-likeness (QED) is 0.0981. The molecule has 2 aromatic heterocycles. The van der Waals surface area contributed by atoms with Crippen LogP contribution in [0.2, 0.25) is 0 Å². The van der Waals surface area contributed by atoms with E-state index in [1.54, 1.807) is 4.57 Å². The van der Waals surface area contributed by atoms with Crippen molar-refractivity contribution in [2.75, 3.05) is 0 Å². The van der Waals surface area contributed by atoms with Crippen LogP contribution >= 0.6 is 0 Å². The maximum atomic E-state index is 12.5. The summed E-state index contributed by atoms with van der Waals surface area (Å²) < 4.78 is 3.60. The van der Waals surface area contributed by atoms with Gasteiger partial charge in [0.05, 0.1) is 4.92 Å². The van der Waals surface area contributed by atoms with Crippen molar-refractivity contribution >= 4 is 17.3 Å². The number of pyridine rings is 2. The zero-order chi connectivity index (χ0) is 23.2. The summed E-state index contributed by atoms with van der Waals surface area (Å²) in [6, 6.07) is 22.5. The Morgan fingerprint density at radius 2 is 1.03 bits per heavy atom. The molecule has 0 unspecified atom stereocenters. The second-order valence-corrected chi connectivity index (χ2v) is 7.53. The fraction of sp³-hybridized carbons (Fsp3) is 0.0769. The molecule has 0 aliphatic rings. The smallest absolute Gasteiger partial charge is 0.269 e. The predicted molar refractivity (Wildman–Crippen MR) is 120 cm³/mol. The first-order valence-electron chi connectivity index (χ1n) is 10.3. The van der Waals surface area contributed by atoms with Crippen LogP contribution in [0.3, 0.4) is 0 Å². The molecule has 0 aliphatic carbocycles. The number of halogens is 2. The molecule has 0 fully saturated rings. The fourth-order valence-electron chi connectivity index (χ4n) is 3.42. The minimum atomic E-state index is -0.492. The molecule has 2 heterocycles. The van der Waals surface area contributed by atoms with Gasteiger partial charge in [-0.2, -0.15) is 9.13 Å². The van der Waals surface area contributed by atoms with Crippen LogP contribution < -0.4 is 43.1 Å². The highest BCUT2D eigenvalue weighted by Crippen LogP contribution is 2.16. The minimum absolute atomic E-state index is 0.